The predicted octanol–water partition coefficient (Wildman–Crippen LogP) is 1.95. The van der Waals surface area contributed by atoms with E-state index in [0.717, 1.165) is 16.5 Å². The zero-order valence-electron chi connectivity index (χ0n) is 14.4. The predicted molar refractivity (Wildman–Crippen MR) is 99.0 cm³/mol. The number of nitrogens with two attached hydrogens (primary N) is 1. The number of carbonyl (C=O) groups is 3. The second kappa shape index (κ2) is 8.33. The van der Waals surface area contributed by atoms with Gasteiger partial charge in [-0.3, -0.25) is 9.59 Å². The van der Waals surface area contributed by atoms with Crippen LogP contribution in [0.3, 0.4) is 0 Å². The van der Waals surface area contributed by atoms with Crippen molar-refractivity contribution in [2.45, 2.75) is 19.8 Å². The van der Waals surface area contributed by atoms with Gasteiger partial charge in [-0.15, -0.1) is 0 Å². The smallest absolute Gasteiger partial charge is 0.314 e. The van der Waals surface area contributed by atoms with Gasteiger partial charge in [0.1, 0.15) is 0 Å². The molecule has 0 bridgehead atoms. The van der Waals surface area contributed by atoms with Crippen LogP contribution in [0.1, 0.15) is 18.4 Å². The molecule has 0 radical (unpaired) electrons. The number of carbonyl (C=O) groups excluding carboxylic acids is 3. The monoisotopic (exact) mass is 410 g/mol. The molecule has 136 valence electrons. The lowest BCUT2D eigenvalue weighted by atomic mass is 9.97. The van der Waals surface area contributed by atoms with Gasteiger partial charge in [0.05, 0.1) is 12.5 Å². The number of likely N-dealkylation sites (tertiary alicyclic amines) is 1. The zero-order valence-corrected chi connectivity index (χ0v) is 16.0. The molecule has 3 N–H and O–H groups in total. The number of halogens is 1. The molecule has 1 aromatic rings. The molecule has 2 rings (SSSR count). The lowest BCUT2D eigenvalue weighted by Gasteiger charge is -2.32. The Hall–Kier alpha value is -2.09. The van der Waals surface area contributed by atoms with Gasteiger partial charge in [-0.2, -0.15) is 0 Å². The van der Waals surface area contributed by atoms with Crippen LogP contribution in [0.5, 0.6) is 0 Å². The molecular formula is C17H23BrN4O3. The molecule has 1 fully saturated rings. The Balaban J connectivity index is 1.91. The minimum absolute atomic E-state index is 0.0403. The van der Waals surface area contributed by atoms with Crippen LogP contribution in [0.2, 0.25) is 0 Å². The third-order valence-electron chi connectivity index (χ3n) is 4.30. The summed E-state index contributed by atoms with van der Waals surface area (Å²) in [6, 6.07) is 5.05. The van der Waals surface area contributed by atoms with Crippen molar-refractivity contribution in [1.29, 1.82) is 0 Å². The molecule has 4 amide bonds. The largest absolute Gasteiger partial charge is 0.351 e. The fourth-order valence-corrected chi connectivity index (χ4v) is 3.42. The molecule has 1 atom stereocenters. The van der Waals surface area contributed by atoms with E-state index in [1.54, 1.807) is 7.05 Å². The Kier molecular flexibility index (Phi) is 6.41. The van der Waals surface area contributed by atoms with Gasteiger partial charge in [-0.25, -0.2) is 4.79 Å². The second-order valence-electron chi connectivity index (χ2n) is 6.33. The van der Waals surface area contributed by atoms with Crippen molar-refractivity contribution in [3.63, 3.8) is 0 Å². The summed E-state index contributed by atoms with van der Waals surface area (Å²) >= 11 is 3.38. The minimum Gasteiger partial charge on any atom is -0.351 e. The summed E-state index contributed by atoms with van der Waals surface area (Å²) in [6.07, 6.45) is 1.43. The standard InChI is InChI=1S/C17H23BrN4O3/c1-11-8-13(18)5-6-14(11)20-15(23)10-21(2)16(24)12-4-3-7-22(9-12)17(19)25/h5-6,8,12H,3-4,7,9-10H2,1-2H3,(H2,19,25)(H,20,23)/t12-/m0/s1. The van der Waals surface area contributed by atoms with Crippen molar-refractivity contribution in [1.82, 2.24) is 9.80 Å². The van der Waals surface area contributed by atoms with Crippen molar-refractivity contribution >= 4 is 39.5 Å². The number of aryl methyl sites for hydroxylation is 1. The number of benzene rings is 1. The molecule has 1 aromatic carbocycles. The van der Waals surface area contributed by atoms with E-state index in [1.165, 1.54) is 9.80 Å². The number of nitrogens with one attached hydrogen (secondary N) is 1. The summed E-state index contributed by atoms with van der Waals surface area (Å²) in [6.45, 7) is 2.75. The van der Waals surface area contributed by atoms with Crippen molar-refractivity contribution < 1.29 is 14.4 Å². The van der Waals surface area contributed by atoms with Crippen LogP contribution in [0, 0.1) is 12.8 Å². The second-order valence-corrected chi connectivity index (χ2v) is 7.24. The Morgan fingerprint density at radius 3 is 2.76 bits per heavy atom. The quantitative estimate of drug-likeness (QED) is 0.793. The number of rotatable bonds is 4. The SMILES string of the molecule is Cc1cc(Br)ccc1NC(=O)CN(C)C(=O)[C@H]1CCCN(C(N)=O)C1. The van der Waals surface area contributed by atoms with Crippen LogP contribution >= 0.6 is 15.9 Å². The Morgan fingerprint density at radius 1 is 1.40 bits per heavy atom. The first-order valence-electron chi connectivity index (χ1n) is 8.13. The summed E-state index contributed by atoms with van der Waals surface area (Å²) in [5.74, 6) is -0.717. The first-order chi connectivity index (χ1) is 11.8. The molecule has 25 heavy (non-hydrogen) atoms. The van der Waals surface area contributed by atoms with Crippen molar-refractivity contribution in [2.24, 2.45) is 11.7 Å². The summed E-state index contributed by atoms with van der Waals surface area (Å²) in [4.78, 5) is 38.9. The summed E-state index contributed by atoms with van der Waals surface area (Å²) < 4.78 is 0.937. The van der Waals surface area contributed by atoms with Crippen molar-refractivity contribution in [3.8, 4) is 0 Å². The third-order valence-corrected chi connectivity index (χ3v) is 4.80. The number of nitrogens with zero attached hydrogens (tertiary/aromatic N) is 2. The number of piperidine rings is 1. The highest BCUT2D eigenvalue weighted by molar-refractivity contribution is 9.10. The molecule has 1 aliphatic heterocycles. The number of anilines is 1. The average molecular weight is 411 g/mol. The van der Waals surface area contributed by atoms with E-state index in [0.29, 0.717) is 25.2 Å². The van der Waals surface area contributed by atoms with Gasteiger partial charge in [0.15, 0.2) is 0 Å². The van der Waals surface area contributed by atoms with Crippen LogP contribution in [0.4, 0.5) is 10.5 Å². The lowest BCUT2D eigenvalue weighted by Crippen LogP contribution is -2.48. The van der Waals surface area contributed by atoms with Gasteiger partial charge in [-0.1, -0.05) is 15.9 Å². The number of likely N-dealkylation sites (N-methyl/N-ethyl adjacent to an activating group) is 1. The van der Waals surface area contributed by atoms with Crippen molar-refractivity contribution in [2.75, 3.05) is 32.0 Å². The Morgan fingerprint density at radius 2 is 2.12 bits per heavy atom. The van der Waals surface area contributed by atoms with Gasteiger partial charge in [0.2, 0.25) is 11.8 Å². The molecule has 0 aromatic heterocycles. The Labute approximate surface area is 155 Å². The zero-order chi connectivity index (χ0) is 18.6. The van der Waals surface area contributed by atoms with E-state index in [4.69, 9.17) is 5.73 Å². The molecule has 7 nitrogen and oxygen atoms in total. The molecule has 1 heterocycles. The van der Waals surface area contributed by atoms with Gasteiger partial charge in [0, 0.05) is 30.3 Å². The summed E-state index contributed by atoms with van der Waals surface area (Å²) in [5, 5.41) is 2.81. The number of urea groups is 1. The van der Waals surface area contributed by atoms with E-state index in [9.17, 15) is 14.4 Å². The normalized spacial score (nSPS) is 17.1. The van der Waals surface area contributed by atoms with Crippen LogP contribution in [0.25, 0.3) is 0 Å². The molecule has 0 unspecified atom stereocenters. The summed E-state index contributed by atoms with van der Waals surface area (Å²) in [5.41, 5.74) is 6.94. The maximum atomic E-state index is 12.5. The molecular weight excluding hydrogens is 388 g/mol. The molecule has 0 spiro atoms. The molecule has 1 saturated heterocycles. The topological polar surface area (TPSA) is 95.7 Å². The van der Waals surface area contributed by atoms with E-state index in [2.05, 4.69) is 21.2 Å². The van der Waals surface area contributed by atoms with E-state index in [1.807, 2.05) is 25.1 Å². The summed E-state index contributed by atoms with van der Waals surface area (Å²) in [7, 11) is 1.60. The molecule has 0 saturated carbocycles. The first kappa shape index (κ1) is 19.2. The number of amides is 4. The molecule has 1 aliphatic rings. The highest BCUT2D eigenvalue weighted by Crippen LogP contribution is 2.21. The van der Waals surface area contributed by atoms with Crippen molar-refractivity contribution in [3.05, 3.63) is 28.2 Å². The van der Waals surface area contributed by atoms with Gasteiger partial charge in [0.25, 0.3) is 0 Å². The van der Waals surface area contributed by atoms with Crippen LogP contribution < -0.4 is 11.1 Å². The highest BCUT2D eigenvalue weighted by Gasteiger charge is 2.30. The highest BCUT2D eigenvalue weighted by atomic mass is 79.9. The fourth-order valence-electron chi connectivity index (χ4n) is 2.94. The fraction of sp³-hybridized carbons (Fsp3) is 0.471. The minimum atomic E-state index is -0.511. The maximum absolute atomic E-state index is 12.5. The third kappa shape index (κ3) is 5.19. The maximum Gasteiger partial charge on any atom is 0.314 e. The molecule has 8 heteroatoms. The first-order valence-corrected chi connectivity index (χ1v) is 8.92. The van der Waals surface area contributed by atoms with Gasteiger partial charge < -0.3 is 20.9 Å². The van der Waals surface area contributed by atoms with Crippen LogP contribution in [-0.2, 0) is 9.59 Å². The van der Waals surface area contributed by atoms with Gasteiger partial charge in [-0.05, 0) is 43.5 Å². The average Bonchev–Trinajstić information content (AvgIpc) is 2.56. The lowest BCUT2D eigenvalue weighted by molar-refractivity contribution is -0.138. The van der Waals surface area contributed by atoms with Gasteiger partial charge >= 0.3 is 6.03 Å². The number of hydrogen-bond acceptors (Lipinski definition) is 3. The van der Waals surface area contributed by atoms with E-state index >= 15 is 0 Å². The van der Waals surface area contributed by atoms with E-state index < -0.39 is 6.03 Å². The van der Waals surface area contributed by atoms with Crippen LogP contribution in [-0.4, -0.2) is 54.3 Å². The molecule has 0 aliphatic carbocycles. The van der Waals surface area contributed by atoms with Crippen LogP contribution in [0.15, 0.2) is 22.7 Å². The number of hydrogen-bond donors (Lipinski definition) is 2. The Bertz CT molecular complexity index is 680. The number of primary amides is 1. The van der Waals surface area contributed by atoms with E-state index in [-0.39, 0.29) is 24.3 Å².